The van der Waals surface area contributed by atoms with Crippen LogP contribution in [0.5, 0.6) is 0 Å². The maximum atomic E-state index is 11.3. The van der Waals surface area contributed by atoms with Crippen molar-refractivity contribution in [2.24, 2.45) is 0 Å². The van der Waals surface area contributed by atoms with Crippen molar-refractivity contribution in [3.8, 4) is 0 Å². The summed E-state index contributed by atoms with van der Waals surface area (Å²) in [4.78, 5) is 11.3. The summed E-state index contributed by atoms with van der Waals surface area (Å²) in [7, 11) is 0. The standard InChI is InChI=1S/C14H21ClN2O/c1-3-13(11-6-5-7-12(15)10-11)17-9-8-14(18)16-4-2/h5-7,10,13,17H,3-4,8-9H2,1-2H3,(H,16,18). The first-order chi connectivity index (χ1) is 8.67. The molecule has 0 aromatic heterocycles. The molecular weight excluding hydrogens is 248 g/mol. The second kappa shape index (κ2) is 8.11. The molecule has 1 aromatic rings. The molecular formula is C14H21ClN2O. The van der Waals surface area contributed by atoms with E-state index in [1.54, 1.807) is 0 Å². The zero-order valence-electron chi connectivity index (χ0n) is 11.0. The molecule has 0 bridgehead atoms. The van der Waals surface area contributed by atoms with Gasteiger partial charge in [0.1, 0.15) is 0 Å². The number of benzene rings is 1. The van der Waals surface area contributed by atoms with E-state index in [0.717, 1.165) is 11.4 Å². The van der Waals surface area contributed by atoms with Crippen molar-refractivity contribution < 1.29 is 4.79 Å². The predicted molar refractivity (Wildman–Crippen MR) is 75.8 cm³/mol. The van der Waals surface area contributed by atoms with Gasteiger partial charge in [-0.2, -0.15) is 0 Å². The second-order valence-corrected chi connectivity index (χ2v) is 4.61. The second-order valence-electron chi connectivity index (χ2n) is 4.17. The van der Waals surface area contributed by atoms with Crippen molar-refractivity contribution in [3.63, 3.8) is 0 Å². The monoisotopic (exact) mass is 268 g/mol. The fraction of sp³-hybridized carbons (Fsp3) is 0.500. The van der Waals surface area contributed by atoms with Crippen molar-refractivity contribution in [2.45, 2.75) is 32.7 Å². The van der Waals surface area contributed by atoms with Gasteiger partial charge in [-0.1, -0.05) is 30.7 Å². The molecule has 1 atom stereocenters. The fourth-order valence-electron chi connectivity index (χ4n) is 1.87. The Bertz CT molecular complexity index is 382. The van der Waals surface area contributed by atoms with Gasteiger partial charge < -0.3 is 10.6 Å². The molecule has 1 aromatic carbocycles. The number of hydrogen-bond acceptors (Lipinski definition) is 2. The van der Waals surface area contributed by atoms with Gasteiger partial charge in [0.2, 0.25) is 5.91 Å². The number of carbonyl (C=O) groups excluding carboxylic acids is 1. The summed E-state index contributed by atoms with van der Waals surface area (Å²) in [6.07, 6.45) is 1.47. The number of rotatable bonds is 7. The van der Waals surface area contributed by atoms with Gasteiger partial charge >= 0.3 is 0 Å². The summed E-state index contributed by atoms with van der Waals surface area (Å²) in [6, 6.07) is 8.09. The Kier molecular flexibility index (Phi) is 6.76. The average molecular weight is 269 g/mol. The molecule has 1 unspecified atom stereocenters. The Morgan fingerprint density at radius 3 is 2.78 bits per heavy atom. The number of nitrogens with one attached hydrogen (secondary N) is 2. The molecule has 0 aliphatic carbocycles. The Balaban J connectivity index is 2.45. The molecule has 0 aliphatic rings. The van der Waals surface area contributed by atoms with E-state index < -0.39 is 0 Å². The lowest BCUT2D eigenvalue weighted by atomic mass is 10.0. The molecule has 0 spiro atoms. The largest absolute Gasteiger partial charge is 0.356 e. The lowest BCUT2D eigenvalue weighted by molar-refractivity contribution is -0.120. The van der Waals surface area contributed by atoms with Crippen LogP contribution in [-0.2, 0) is 4.79 Å². The minimum absolute atomic E-state index is 0.0888. The van der Waals surface area contributed by atoms with E-state index in [2.05, 4.69) is 23.6 Å². The van der Waals surface area contributed by atoms with Crippen molar-refractivity contribution in [1.29, 1.82) is 0 Å². The summed E-state index contributed by atoms with van der Waals surface area (Å²) in [5, 5.41) is 6.92. The third-order valence-corrected chi connectivity index (χ3v) is 3.01. The third-order valence-electron chi connectivity index (χ3n) is 2.78. The van der Waals surface area contributed by atoms with Gasteiger partial charge in [-0.25, -0.2) is 0 Å². The summed E-state index contributed by atoms with van der Waals surface area (Å²) < 4.78 is 0. The van der Waals surface area contributed by atoms with E-state index in [1.165, 1.54) is 5.56 Å². The van der Waals surface area contributed by atoms with Crippen molar-refractivity contribution in [2.75, 3.05) is 13.1 Å². The number of carbonyl (C=O) groups is 1. The highest BCUT2D eigenvalue weighted by molar-refractivity contribution is 6.30. The minimum Gasteiger partial charge on any atom is -0.356 e. The Morgan fingerprint density at radius 2 is 2.17 bits per heavy atom. The Hall–Kier alpha value is -1.06. The molecule has 2 N–H and O–H groups in total. The van der Waals surface area contributed by atoms with Gasteiger partial charge in [-0.15, -0.1) is 0 Å². The molecule has 0 aliphatic heterocycles. The van der Waals surface area contributed by atoms with E-state index in [0.29, 0.717) is 19.5 Å². The first-order valence-electron chi connectivity index (χ1n) is 6.42. The smallest absolute Gasteiger partial charge is 0.221 e. The maximum absolute atomic E-state index is 11.3. The van der Waals surface area contributed by atoms with Crippen molar-refractivity contribution in [3.05, 3.63) is 34.9 Å². The van der Waals surface area contributed by atoms with Gasteiger partial charge in [-0.05, 0) is 31.0 Å². The van der Waals surface area contributed by atoms with E-state index in [9.17, 15) is 4.79 Å². The average Bonchev–Trinajstić information content (AvgIpc) is 2.35. The van der Waals surface area contributed by atoms with Crippen LogP contribution in [0, 0.1) is 0 Å². The SMILES string of the molecule is CCNC(=O)CCNC(CC)c1cccc(Cl)c1. The minimum atomic E-state index is 0.0888. The lowest BCUT2D eigenvalue weighted by Gasteiger charge is -2.17. The number of amides is 1. The fourth-order valence-corrected chi connectivity index (χ4v) is 2.07. The number of halogens is 1. The van der Waals surface area contributed by atoms with Gasteiger partial charge in [0.05, 0.1) is 0 Å². The van der Waals surface area contributed by atoms with E-state index in [1.807, 2.05) is 25.1 Å². The van der Waals surface area contributed by atoms with Crippen molar-refractivity contribution in [1.82, 2.24) is 10.6 Å². The lowest BCUT2D eigenvalue weighted by Crippen LogP contribution is -2.29. The molecule has 18 heavy (non-hydrogen) atoms. The van der Waals surface area contributed by atoms with Crippen LogP contribution in [0.3, 0.4) is 0 Å². The molecule has 0 radical (unpaired) electrons. The Morgan fingerprint density at radius 1 is 1.39 bits per heavy atom. The van der Waals surface area contributed by atoms with Gasteiger partial charge in [0.25, 0.3) is 0 Å². The molecule has 100 valence electrons. The molecule has 1 amide bonds. The summed E-state index contributed by atoms with van der Waals surface area (Å²) >= 11 is 5.98. The molecule has 0 saturated heterocycles. The van der Waals surface area contributed by atoms with Gasteiger partial charge in [0.15, 0.2) is 0 Å². The highest BCUT2D eigenvalue weighted by atomic mass is 35.5. The highest BCUT2D eigenvalue weighted by Crippen LogP contribution is 2.20. The summed E-state index contributed by atoms with van der Waals surface area (Å²) in [5.41, 5.74) is 1.17. The topological polar surface area (TPSA) is 41.1 Å². The highest BCUT2D eigenvalue weighted by Gasteiger charge is 2.09. The van der Waals surface area contributed by atoms with Crippen molar-refractivity contribution >= 4 is 17.5 Å². The molecule has 0 heterocycles. The van der Waals surface area contributed by atoms with Crippen LogP contribution in [0.2, 0.25) is 5.02 Å². The van der Waals surface area contributed by atoms with E-state index >= 15 is 0 Å². The van der Waals surface area contributed by atoms with Crippen LogP contribution in [-0.4, -0.2) is 19.0 Å². The molecule has 1 rings (SSSR count). The van der Waals surface area contributed by atoms with E-state index in [4.69, 9.17) is 11.6 Å². The first-order valence-corrected chi connectivity index (χ1v) is 6.80. The number of hydrogen-bond donors (Lipinski definition) is 2. The van der Waals surface area contributed by atoms with Gasteiger partial charge in [0, 0.05) is 30.6 Å². The molecule has 4 heteroatoms. The molecule has 0 saturated carbocycles. The van der Waals surface area contributed by atoms with Gasteiger partial charge in [-0.3, -0.25) is 4.79 Å². The van der Waals surface area contributed by atoms with Crippen LogP contribution in [0.1, 0.15) is 38.3 Å². The van der Waals surface area contributed by atoms with Crippen LogP contribution >= 0.6 is 11.6 Å². The molecule has 0 fully saturated rings. The summed E-state index contributed by atoms with van der Waals surface area (Å²) in [6.45, 7) is 5.40. The Labute approximate surface area is 114 Å². The zero-order chi connectivity index (χ0) is 13.4. The first kappa shape index (κ1) is 15.0. The zero-order valence-corrected chi connectivity index (χ0v) is 11.8. The van der Waals surface area contributed by atoms with Crippen LogP contribution in [0.4, 0.5) is 0 Å². The quantitative estimate of drug-likeness (QED) is 0.798. The van der Waals surface area contributed by atoms with Crippen LogP contribution < -0.4 is 10.6 Å². The third kappa shape index (κ3) is 5.07. The van der Waals surface area contributed by atoms with Crippen LogP contribution in [0.15, 0.2) is 24.3 Å². The normalized spacial score (nSPS) is 12.2. The van der Waals surface area contributed by atoms with E-state index in [-0.39, 0.29) is 11.9 Å². The molecule has 3 nitrogen and oxygen atoms in total. The predicted octanol–water partition coefficient (Wildman–Crippen LogP) is 2.91. The maximum Gasteiger partial charge on any atom is 0.221 e. The summed E-state index contributed by atoms with van der Waals surface area (Å²) in [5.74, 6) is 0.0888. The van der Waals surface area contributed by atoms with Crippen LogP contribution in [0.25, 0.3) is 0 Å².